The van der Waals surface area contributed by atoms with Crippen LogP contribution in [0, 0.1) is 5.82 Å². The van der Waals surface area contributed by atoms with Crippen LogP contribution in [0.2, 0.25) is 5.02 Å². The molecule has 1 heterocycles. The Balaban J connectivity index is 1.99. The van der Waals surface area contributed by atoms with Crippen molar-refractivity contribution >= 4 is 44.8 Å². The van der Waals surface area contributed by atoms with Gasteiger partial charge in [0, 0.05) is 24.6 Å². The van der Waals surface area contributed by atoms with Crippen molar-refractivity contribution in [2.75, 3.05) is 29.9 Å². The number of amides is 1. The maximum absolute atomic E-state index is 14.1. The number of hydrogen-bond donors (Lipinski definition) is 0. The largest absolute Gasteiger partial charge is 0.370 e. The normalized spacial score (nSPS) is 14.5. The lowest BCUT2D eigenvalue weighted by atomic mass is 10.1. The molecule has 0 aliphatic carbocycles. The van der Waals surface area contributed by atoms with Gasteiger partial charge in [0.25, 0.3) is 5.91 Å². The predicted molar refractivity (Wildman–Crippen MR) is 104 cm³/mol. The van der Waals surface area contributed by atoms with Crippen molar-refractivity contribution < 1.29 is 9.18 Å². The molecule has 0 atom stereocenters. The third-order valence-electron chi connectivity index (χ3n) is 4.48. The second-order valence-electron chi connectivity index (χ2n) is 6.14. The Labute approximate surface area is 160 Å². The summed E-state index contributed by atoms with van der Waals surface area (Å²) in [7, 11) is 1.65. The van der Waals surface area contributed by atoms with Gasteiger partial charge >= 0.3 is 0 Å². The fourth-order valence-corrected chi connectivity index (χ4v) is 3.74. The molecule has 25 heavy (non-hydrogen) atoms. The quantitative estimate of drug-likeness (QED) is 0.647. The summed E-state index contributed by atoms with van der Waals surface area (Å²) in [6.07, 6.45) is 3.48. The Hall–Kier alpha value is -1.59. The lowest BCUT2D eigenvalue weighted by Crippen LogP contribution is -2.33. The Morgan fingerprint density at radius 3 is 2.60 bits per heavy atom. The first-order valence-corrected chi connectivity index (χ1v) is 9.42. The zero-order chi connectivity index (χ0) is 18.0. The number of hydrogen-bond acceptors (Lipinski definition) is 2. The van der Waals surface area contributed by atoms with Crippen molar-refractivity contribution in [1.29, 1.82) is 0 Å². The molecule has 2 aromatic rings. The fraction of sp³-hybridized carbons (Fsp3) is 0.316. The summed E-state index contributed by atoms with van der Waals surface area (Å²) in [5, 5.41) is 0.119. The average molecular weight is 426 g/mol. The smallest absolute Gasteiger partial charge is 0.262 e. The zero-order valence-corrected chi connectivity index (χ0v) is 16.3. The first-order valence-electron chi connectivity index (χ1n) is 8.25. The number of rotatable bonds is 3. The summed E-state index contributed by atoms with van der Waals surface area (Å²) in [6.45, 7) is 1.90. The molecule has 1 saturated heterocycles. The molecule has 0 spiro atoms. The van der Waals surface area contributed by atoms with Crippen LogP contribution in [-0.4, -0.2) is 26.0 Å². The highest BCUT2D eigenvalue weighted by atomic mass is 79.9. The van der Waals surface area contributed by atoms with Crippen molar-refractivity contribution in [3.63, 3.8) is 0 Å². The number of anilines is 2. The highest BCUT2D eigenvalue weighted by Crippen LogP contribution is 2.35. The number of carbonyl (C=O) groups excluding carboxylic acids is 1. The molecule has 3 nitrogen and oxygen atoms in total. The van der Waals surface area contributed by atoms with Crippen LogP contribution in [-0.2, 0) is 0 Å². The summed E-state index contributed by atoms with van der Waals surface area (Å²) in [4.78, 5) is 16.6. The van der Waals surface area contributed by atoms with Crippen molar-refractivity contribution in [2.45, 2.75) is 19.3 Å². The standard InChI is InChI=1S/C19H19BrClFN2O/c1-23(19(25)18-14(21)6-5-7-15(18)22)16-9-8-13(20)12-17(16)24-10-3-2-4-11-24/h5-9,12H,2-4,10-11H2,1H3. The van der Waals surface area contributed by atoms with E-state index in [2.05, 4.69) is 20.8 Å². The maximum Gasteiger partial charge on any atom is 0.262 e. The van der Waals surface area contributed by atoms with E-state index in [0.717, 1.165) is 41.8 Å². The second kappa shape index (κ2) is 7.75. The molecule has 1 aliphatic rings. The van der Waals surface area contributed by atoms with E-state index in [1.54, 1.807) is 7.05 Å². The monoisotopic (exact) mass is 424 g/mol. The summed E-state index contributed by atoms with van der Waals surface area (Å²) < 4.78 is 15.1. The first kappa shape index (κ1) is 18.2. The molecule has 6 heteroatoms. The minimum atomic E-state index is -0.610. The van der Waals surface area contributed by atoms with Gasteiger partial charge in [-0.25, -0.2) is 4.39 Å². The van der Waals surface area contributed by atoms with Crippen LogP contribution in [0.3, 0.4) is 0 Å². The summed E-state index contributed by atoms with van der Waals surface area (Å²) >= 11 is 9.57. The second-order valence-corrected chi connectivity index (χ2v) is 7.46. The van der Waals surface area contributed by atoms with Crippen molar-refractivity contribution in [3.8, 4) is 0 Å². The van der Waals surface area contributed by atoms with Crippen LogP contribution < -0.4 is 9.80 Å². The summed E-state index contributed by atoms with van der Waals surface area (Å²) in [5.41, 5.74) is 1.62. The summed E-state index contributed by atoms with van der Waals surface area (Å²) in [6, 6.07) is 10.0. The number of benzene rings is 2. The van der Waals surface area contributed by atoms with E-state index < -0.39 is 11.7 Å². The molecule has 132 valence electrons. The van der Waals surface area contributed by atoms with Gasteiger partial charge in [-0.2, -0.15) is 0 Å². The van der Waals surface area contributed by atoms with E-state index in [1.807, 2.05) is 18.2 Å². The van der Waals surface area contributed by atoms with E-state index in [0.29, 0.717) is 0 Å². The SMILES string of the molecule is CN(C(=O)c1c(F)cccc1Cl)c1ccc(Br)cc1N1CCCCC1. The Morgan fingerprint density at radius 2 is 1.92 bits per heavy atom. The van der Waals surface area contributed by atoms with E-state index in [1.165, 1.54) is 29.5 Å². The van der Waals surface area contributed by atoms with Gasteiger partial charge in [-0.1, -0.05) is 33.6 Å². The Bertz CT molecular complexity index is 773. The molecule has 1 amide bonds. The predicted octanol–water partition coefficient (Wildman–Crippen LogP) is 5.51. The first-order chi connectivity index (χ1) is 12.0. The number of nitrogens with zero attached hydrogens (tertiary/aromatic N) is 2. The lowest BCUT2D eigenvalue weighted by Gasteiger charge is -2.33. The van der Waals surface area contributed by atoms with Gasteiger partial charge in [0.15, 0.2) is 0 Å². The van der Waals surface area contributed by atoms with Gasteiger partial charge in [-0.3, -0.25) is 4.79 Å². The van der Waals surface area contributed by atoms with E-state index in [4.69, 9.17) is 11.6 Å². The minimum absolute atomic E-state index is 0.0980. The number of halogens is 3. The number of piperidine rings is 1. The highest BCUT2D eigenvalue weighted by molar-refractivity contribution is 9.10. The van der Waals surface area contributed by atoms with E-state index in [-0.39, 0.29) is 10.6 Å². The molecule has 3 rings (SSSR count). The molecular formula is C19H19BrClFN2O. The van der Waals surface area contributed by atoms with Crippen LogP contribution >= 0.6 is 27.5 Å². The molecule has 1 fully saturated rings. The highest BCUT2D eigenvalue weighted by Gasteiger charge is 2.24. The van der Waals surface area contributed by atoms with Gasteiger partial charge < -0.3 is 9.80 Å². The van der Waals surface area contributed by atoms with Gasteiger partial charge in [0.2, 0.25) is 0 Å². The van der Waals surface area contributed by atoms with Gasteiger partial charge in [-0.15, -0.1) is 0 Å². The molecular weight excluding hydrogens is 407 g/mol. The van der Waals surface area contributed by atoms with Crippen molar-refractivity contribution in [2.24, 2.45) is 0 Å². The van der Waals surface area contributed by atoms with Gasteiger partial charge in [0.05, 0.1) is 22.0 Å². The Morgan fingerprint density at radius 1 is 1.20 bits per heavy atom. The third-order valence-corrected chi connectivity index (χ3v) is 5.29. The Kier molecular flexibility index (Phi) is 5.64. The van der Waals surface area contributed by atoms with E-state index >= 15 is 0 Å². The topological polar surface area (TPSA) is 23.6 Å². The van der Waals surface area contributed by atoms with Crippen LogP contribution in [0.4, 0.5) is 15.8 Å². The molecule has 1 aliphatic heterocycles. The maximum atomic E-state index is 14.1. The average Bonchev–Trinajstić information content (AvgIpc) is 2.61. The molecule has 2 aromatic carbocycles. The van der Waals surface area contributed by atoms with Gasteiger partial charge in [0.1, 0.15) is 5.82 Å². The molecule has 0 bridgehead atoms. The molecule has 0 N–H and O–H groups in total. The van der Waals surface area contributed by atoms with Crippen LogP contribution in [0.5, 0.6) is 0 Å². The van der Waals surface area contributed by atoms with Crippen LogP contribution in [0.25, 0.3) is 0 Å². The molecule has 0 saturated carbocycles. The van der Waals surface area contributed by atoms with Gasteiger partial charge in [-0.05, 0) is 49.6 Å². The van der Waals surface area contributed by atoms with Crippen LogP contribution in [0.15, 0.2) is 40.9 Å². The van der Waals surface area contributed by atoms with E-state index in [9.17, 15) is 9.18 Å². The molecule has 0 aromatic heterocycles. The minimum Gasteiger partial charge on any atom is -0.370 e. The molecule has 0 unspecified atom stereocenters. The fourth-order valence-electron chi connectivity index (χ4n) is 3.15. The van der Waals surface area contributed by atoms with Crippen molar-refractivity contribution in [3.05, 3.63) is 57.3 Å². The third kappa shape index (κ3) is 3.82. The van der Waals surface area contributed by atoms with Crippen molar-refractivity contribution in [1.82, 2.24) is 0 Å². The number of carbonyl (C=O) groups is 1. The lowest BCUT2D eigenvalue weighted by molar-refractivity contribution is 0.0989. The summed E-state index contributed by atoms with van der Waals surface area (Å²) in [5.74, 6) is -1.07. The van der Waals surface area contributed by atoms with Crippen LogP contribution in [0.1, 0.15) is 29.6 Å². The molecule has 0 radical (unpaired) electrons. The zero-order valence-electron chi connectivity index (χ0n) is 13.9.